The molecule has 0 atom stereocenters. The van der Waals surface area contributed by atoms with E-state index in [0.717, 1.165) is 35.1 Å². The van der Waals surface area contributed by atoms with Crippen molar-refractivity contribution in [2.24, 2.45) is 4.99 Å². The highest BCUT2D eigenvalue weighted by Crippen LogP contribution is 2.26. The number of aliphatic imine (C=N–C) groups is 1. The summed E-state index contributed by atoms with van der Waals surface area (Å²) in [5.74, 6) is 3.83. The second-order valence-corrected chi connectivity index (χ2v) is 9.73. The van der Waals surface area contributed by atoms with Gasteiger partial charge in [-0.05, 0) is 48.6 Å². The van der Waals surface area contributed by atoms with E-state index in [0.29, 0.717) is 32.1 Å². The minimum atomic E-state index is -0.369. The van der Waals surface area contributed by atoms with E-state index in [1.165, 1.54) is 10.1 Å². The van der Waals surface area contributed by atoms with Crippen LogP contribution < -0.4 is 5.32 Å². The number of furan rings is 1. The maximum atomic E-state index is 11.0. The average molecular weight is 491 g/mol. The maximum absolute atomic E-state index is 11.0. The van der Waals surface area contributed by atoms with Gasteiger partial charge in [-0.25, -0.2) is 0 Å². The molecule has 0 aliphatic heterocycles. The molecular weight excluding hydrogens is 460 g/mol. The zero-order chi connectivity index (χ0) is 23.5. The lowest BCUT2D eigenvalue weighted by Crippen LogP contribution is -2.32. The van der Waals surface area contributed by atoms with Gasteiger partial charge in [0.15, 0.2) is 5.84 Å². The number of thioether (sulfide) groups is 1. The zero-order valence-corrected chi connectivity index (χ0v) is 20.6. The first kappa shape index (κ1) is 25.2. The quantitative estimate of drug-likeness (QED) is 0.119. The van der Waals surface area contributed by atoms with Gasteiger partial charge in [0.1, 0.15) is 11.5 Å². The predicted molar refractivity (Wildman–Crippen MR) is 136 cm³/mol. The van der Waals surface area contributed by atoms with Crippen LogP contribution in [-0.4, -0.2) is 61.7 Å². The van der Waals surface area contributed by atoms with E-state index in [2.05, 4.69) is 32.7 Å². The molecular formula is C23H30N4O4S2. The first-order valence-electron chi connectivity index (χ1n) is 10.7. The van der Waals surface area contributed by atoms with Gasteiger partial charge in [-0.1, -0.05) is 18.2 Å². The van der Waals surface area contributed by atoms with E-state index < -0.39 is 0 Å². The zero-order valence-electron chi connectivity index (χ0n) is 19.0. The van der Waals surface area contributed by atoms with Crippen LogP contribution in [0.15, 0.2) is 51.2 Å². The Morgan fingerprint density at radius 3 is 2.91 bits per heavy atom. The molecule has 0 spiro atoms. The lowest BCUT2D eigenvalue weighted by Gasteiger charge is -2.07. The Kier molecular flexibility index (Phi) is 10.2. The van der Waals surface area contributed by atoms with E-state index in [9.17, 15) is 10.1 Å². The van der Waals surface area contributed by atoms with Gasteiger partial charge in [0.2, 0.25) is 0 Å². The molecule has 0 bridgehead atoms. The fraction of sp³-hybridized carbons (Fsp3) is 0.435. The highest BCUT2D eigenvalue weighted by Gasteiger charge is 2.08. The van der Waals surface area contributed by atoms with Gasteiger partial charge in [-0.3, -0.25) is 15.1 Å². The van der Waals surface area contributed by atoms with Crippen molar-refractivity contribution in [3.8, 4) is 0 Å². The van der Waals surface area contributed by atoms with Crippen molar-refractivity contribution in [3.63, 3.8) is 0 Å². The van der Waals surface area contributed by atoms with Crippen LogP contribution in [0, 0.1) is 10.1 Å². The third-order valence-electron chi connectivity index (χ3n) is 4.65. The Labute approximate surface area is 202 Å². The molecule has 1 N–H and O–H groups in total. The molecule has 178 valence electrons. The van der Waals surface area contributed by atoms with Gasteiger partial charge in [0.25, 0.3) is 6.54 Å². The first-order chi connectivity index (χ1) is 16.0. The molecule has 1 aromatic carbocycles. The SMILES string of the molecule is CN(C)Cc1ccc(CSCCNC(C[N+](=O)[O-])=NCCOCc2csc3ccccc23)o1. The Balaban J connectivity index is 1.35. The Bertz CT molecular complexity index is 1050. The number of benzene rings is 1. The third-order valence-corrected chi connectivity index (χ3v) is 6.64. The molecule has 0 amide bonds. The summed E-state index contributed by atoms with van der Waals surface area (Å²) in [6.45, 7) is 2.37. The standard InChI is InChI=1S/C23H30N4O4S2/c1-26(2)13-19-7-8-20(31-19)17-32-12-10-25-23(14-27(28)29)24-9-11-30-15-18-16-33-22-6-4-3-5-21(18)22/h3-8,16H,9-15,17H2,1-2H3,(H,24,25). The molecule has 2 heterocycles. The normalized spacial score (nSPS) is 12.0. The number of ether oxygens (including phenoxy) is 1. The number of hydrogen-bond acceptors (Lipinski definition) is 8. The molecule has 3 rings (SSSR count). The second kappa shape index (κ2) is 13.3. The minimum absolute atomic E-state index is 0.314. The van der Waals surface area contributed by atoms with E-state index in [-0.39, 0.29) is 11.5 Å². The largest absolute Gasteiger partial charge is 0.464 e. The number of fused-ring (bicyclic) bond motifs is 1. The van der Waals surface area contributed by atoms with Crippen LogP contribution in [0.2, 0.25) is 0 Å². The molecule has 0 unspecified atom stereocenters. The molecule has 3 aromatic rings. The maximum Gasteiger partial charge on any atom is 0.259 e. The predicted octanol–water partition coefficient (Wildman–Crippen LogP) is 4.27. The molecule has 0 fully saturated rings. The van der Waals surface area contributed by atoms with Crippen molar-refractivity contribution in [2.75, 3.05) is 46.1 Å². The van der Waals surface area contributed by atoms with Crippen molar-refractivity contribution in [2.45, 2.75) is 18.9 Å². The molecule has 10 heteroatoms. The number of hydrogen-bond donors (Lipinski definition) is 1. The average Bonchev–Trinajstić information content (AvgIpc) is 3.39. The van der Waals surface area contributed by atoms with Crippen LogP contribution in [0.1, 0.15) is 17.1 Å². The van der Waals surface area contributed by atoms with Crippen LogP contribution in [-0.2, 0) is 23.6 Å². The highest BCUT2D eigenvalue weighted by atomic mass is 32.2. The summed E-state index contributed by atoms with van der Waals surface area (Å²) in [5.41, 5.74) is 1.16. The third kappa shape index (κ3) is 8.81. The molecule has 0 saturated heterocycles. The van der Waals surface area contributed by atoms with E-state index in [4.69, 9.17) is 9.15 Å². The number of nitro groups is 1. The summed E-state index contributed by atoms with van der Waals surface area (Å²) in [4.78, 5) is 17.0. The van der Waals surface area contributed by atoms with Crippen LogP contribution in [0.3, 0.4) is 0 Å². The van der Waals surface area contributed by atoms with Crippen LogP contribution in [0.4, 0.5) is 0 Å². The van der Waals surface area contributed by atoms with Gasteiger partial charge in [-0.15, -0.1) is 11.3 Å². The summed E-state index contributed by atoms with van der Waals surface area (Å²) in [6, 6.07) is 12.2. The van der Waals surface area contributed by atoms with Crippen molar-refractivity contribution in [1.82, 2.24) is 10.2 Å². The Morgan fingerprint density at radius 1 is 1.27 bits per heavy atom. The summed E-state index contributed by atoms with van der Waals surface area (Å²) in [5, 5.41) is 17.4. The van der Waals surface area contributed by atoms with Crippen LogP contribution >= 0.6 is 23.1 Å². The van der Waals surface area contributed by atoms with Crippen molar-refractivity contribution in [3.05, 3.63) is 69.0 Å². The summed E-state index contributed by atoms with van der Waals surface area (Å²) >= 11 is 3.41. The van der Waals surface area contributed by atoms with Gasteiger partial charge >= 0.3 is 0 Å². The van der Waals surface area contributed by atoms with Gasteiger partial charge in [0, 0.05) is 21.9 Å². The molecule has 33 heavy (non-hydrogen) atoms. The number of amidine groups is 1. The van der Waals surface area contributed by atoms with Gasteiger partial charge < -0.3 is 19.4 Å². The van der Waals surface area contributed by atoms with E-state index in [1.807, 2.05) is 38.4 Å². The topological polar surface area (TPSA) is 93.1 Å². The number of rotatable bonds is 14. The van der Waals surface area contributed by atoms with Gasteiger partial charge in [0.05, 0.1) is 32.1 Å². The number of nitrogens with zero attached hydrogens (tertiary/aromatic N) is 3. The Morgan fingerprint density at radius 2 is 2.09 bits per heavy atom. The molecule has 0 saturated carbocycles. The molecule has 0 radical (unpaired) electrons. The summed E-state index contributed by atoms with van der Waals surface area (Å²) < 4.78 is 12.8. The Hall–Kier alpha value is -2.40. The van der Waals surface area contributed by atoms with Crippen molar-refractivity contribution < 1.29 is 14.1 Å². The fourth-order valence-electron chi connectivity index (χ4n) is 3.19. The van der Waals surface area contributed by atoms with Crippen LogP contribution in [0.5, 0.6) is 0 Å². The summed E-state index contributed by atoms with van der Waals surface area (Å²) in [7, 11) is 4.01. The number of nitrogens with one attached hydrogen (secondary N) is 1. The minimum Gasteiger partial charge on any atom is -0.464 e. The molecule has 0 aliphatic rings. The first-order valence-corrected chi connectivity index (χ1v) is 12.8. The van der Waals surface area contributed by atoms with E-state index >= 15 is 0 Å². The smallest absolute Gasteiger partial charge is 0.259 e. The fourth-order valence-corrected chi connectivity index (χ4v) is 4.89. The van der Waals surface area contributed by atoms with Crippen molar-refractivity contribution in [1.29, 1.82) is 0 Å². The lowest BCUT2D eigenvalue weighted by atomic mass is 10.2. The monoisotopic (exact) mass is 490 g/mol. The summed E-state index contributed by atoms with van der Waals surface area (Å²) in [6.07, 6.45) is 0. The van der Waals surface area contributed by atoms with E-state index in [1.54, 1.807) is 23.1 Å². The lowest BCUT2D eigenvalue weighted by molar-refractivity contribution is -0.463. The second-order valence-electron chi connectivity index (χ2n) is 7.71. The molecule has 2 aromatic heterocycles. The number of thiophene rings is 1. The van der Waals surface area contributed by atoms with Crippen LogP contribution in [0.25, 0.3) is 10.1 Å². The van der Waals surface area contributed by atoms with Crippen molar-refractivity contribution >= 4 is 39.0 Å². The molecule has 0 aliphatic carbocycles. The molecule has 8 nitrogen and oxygen atoms in total. The highest BCUT2D eigenvalue weighted by molar-refractivity contribution is 7.98. The van der Waals surface area contributed by atoms with Gasteiger partial charge in [-0.2, -0.15) is 11.8 Å².